The van der Waals surface area contributed by atoms with Crippen LogP contribution in [0.1, 0.15) is 24.4 Å². The van der Waals surface area contributed by atoms with Crippen molar-refractivity contribution >= 4 is 0 Å². The number of nitrogens with two attached hydrogens (primary N) is 1. The van der Waals surface area contributed by atoms with Crippen LogP contribution >= 0.6 is 0 Å². The second kappa shape index (κ2) is 7.36. The molecule has 21 heavy (non-hydrogen) atoms. The minimum Gasteiger partial charge on any atom is -0.379 e. The average molecular weight is 289 g/mol. The van der Waals surface area contributed by atoms with E-state index in [-0.39, 0.29) is 6.04 Å². The lowest BCUT2D eigenvalue weighted by molar-refractivity contribution is 0.0185. The van der Waals surface area contributed by atoms with Crippen LogP contribution in [0.2, 0.25) is 0 Å². The maximum Gasteiger partial charge on any atom is 0.0594 e. The first kappa shape index (κ1) is 15.0. The number of morpholine rings is 1. The Kier molecular flexibility index (Phi) is 5.25. The molecule has 0 saturated carbocycles. The second-order valence-corrected chi connectivity index (χ2v) is 6.20. The first-order valence-corrected chi connectivity index (χ1v) is 8.17. The van der Waals surface area contributed by atoms with Crippen molar-refractivity contribution in [2.75, 3.05) is 45.9 Å². The van der Waals surface area contributed by atoms with Gasteiger partial charge in [0, 0.05) is 38.3 Å². The van der Waals surface area contributed by atoms with Gasteiger partial charge in [-0.2, -0.15) is 0 Å². The van der Waals surface area contributed by atoms with Gasteiger partial charge in [-0.05, 0) is 24.9 Å². The Balaban J connectivity index is 1.42. The van der Waals surface area contributed by atoms with Gasteiger partial charge in [-0.15, -0.1) is 0 Å². The van der Waals surface area contributed by atoms with Crippen molar-refractivity contribution in [2.24, 2.45) is 5.73 Å². The summed E-state index contributed by atoms with van der Waals surface area (Å²) < 4.78 is 5.44. The molecule has 1 aromatic rings. The molecule has 116 valence electrons. The highest BCUT2D eigenvalue weighted by molar-refractivity contribution is 5.18. The largest absolute Gasteiger partial charge is 0.379 e. The zero-order valence-corrected chi connectivity index (χ0v) is 12.8. The predicted molar refractivity (Wildman–Crippen MR) is 85.2 cm³/mol. The van der Waals surface area contributed by atoms with Crippen LogP contribution in [0.25, 0.3) is 0 Å². The maximum absolute atomic E-state index is 6.30. The van der Waals surface area contributed by atoms with Crippen LogP contribution in [0.5, 0.6) is 0 Å². The highest BCUT2D eigenvalue weighted by Crippen LogP contribution is 2.19. The summed E-state index contributed by atoms with van der Waals surface area (Å²) >= 11 is 0. The van der Waals surface area contributed by atoms with E-state index < -0.39 is 0 Å². The van der Waals surface area contributed by atoms with E-state index in [2.05, 4.69) is 34.1 Å². The minimum absolute atomic E-state index is 0.161. The third-order valence-electron chi connectivity index (χ3n) is 4.79. The Morgan fingerprint density at radius 2 is 1.90 bits per heavy atom. The summed E-state index contributed by atoms with van der Waals surface area (Å²) in [6.45, 7) is 7.51. The second-order valence-electron chi connectivity index (χ2n) is 6.20. The molecule has 0 spiro atoms. The molecular formula is C17H27N3O. The summed E-state index contributed by atoms with van der Waals surface area (Å²) in [5.41, 5.74) is 7.55. The first-order valence-electron chi connectivity index (χ1n) is 8.17. The fourth-order valence-corrected chi connectivity index (χ4v) is 3.44. The molecule has 0 amide bonds. The molecule has 0 bridgehead atoms. The molecule has 4 heteroatoms. The van der Waals surface area contributed by atoms with Gasteiger partial charge in [0.25, 0.3) is 0 Å². The number of hydrogen-bond acceptors (Lipinski definition) is 4. The van der Waals surface area contributed by atoms with E-state index in [9.17, 15) is 0 Å². The molecule has 3 rings (SSSR count). The topological polar surface area (TPSA) is 41.7 Å². The monoisotopic (exact) mass is 289 g/mol. The van der Waals surface area contributed by atoms with Crippen LogP contribution in [-0.2, 0) is 4.74 Å². The fraction of sp³-hybridized carbons (Fsp3) is 0.647. The molecule has 4 nitrogen and oxygen atoms in total. The van der Waals surface area contributed by atoms with Gasteiger partial charge in [0.1, 0.15) is 0 Å². The van der Waals surface area contributed by atoms with Gasteiger partial charge < -0.3 is 15.4 Å². The van der Waals surface area contributed by atoms with Gasteiger partial charge in [-0.1, -0.05) is 30.3 Å². The Hall–Kier alpha value is -0.940. The van der Waals surface area contributed by atoms with E-state index in [0.29, 0.717) is 0 Å². The summed E-state index contributed by atoms with van der Waals surface area (Å²) in [7, 11) is 0. The lowest BCUT2D eigenvalue weighted by Gasteiger charge is -2.32. The number of hydrogen-bond donors (Lipinski definition) is 1. The van der Waals surface area contributed by atoms with Crippen molar-refractivity contribution in [1.82, 2.24) is 9.80 Å². The average Bonchev–Trinajstić information content (AvgIpc) is 3.03. The number of benzene rings is 1. The predicted octanol–water partition coefficient (Wildman–Crippen LogP) is 1.48. The quantitative estimate of drug-likeness (QED) is 0.891. The summed E-state index contributed by atoms with van der Waals surface area (Å²) in [5, 5.41) is 0. The maximum atomic E-state index is 6.30. The van der Waals surface area contributed by atoms with Gasteiger partial charge in [-0.3, -0.25) is 4.90 Å². The van der Waals surface area contributed by atoms with Crippen molar-refractivity contribution in [1.29, 1.82) is 0 Å². The van der Waals surface area contributed by atoms with E-state index in [0.717, 1.165) is 45.3 Å². The number of rotatable bonds is 5. The van der Waals surface area contributed by atoms with Crippen LogP contribution in [0, 0.1) is 0 Å². The summed E-state index contributed by atoms with van der Waals surface area (Å²) in [4.78, 5) is 5.17. The Labute approximate surface area is 127 Å². The SMILES string of the molecule is NC(CCN1CCC(N2CCOCC2)C1)c1ccccc1. The van der Waals surface area contributed by atoms with E-state index in [1.807, 2.05) is 6.07 Å². The van der Waals surface area contributed by atoms with Gasteiger partial charge in [0.2, 0.25) is 0 Å². The number of nitrogens with zero attached hydrogens (tertiary/aromatic N) is 2. The van der Waals surface area contributed by atoms with Crippen LogP contribution < -0.4 is 5.73 Å². The first-order chi connectivity index (χ1) is 10.3. The Bertz CT molecular complexity index is 419. The molecule has 2 heterocycles. The van der Waals surface area contributed by atoms with Crippen molar-refractivity contribution < 1.29 is 4.74 Å². The normalized spacial score (nSPS) is 26.0. The molecule has 2 atom stereocenters. The molecule has 0 aliphatic carbocycles. The van der Waals surface area contributed by atoms with E-state index >= 15 is 0 Å². The van der Waals surface area contributed by atoms with E-state index in [1.54, 1.807) is 0 Å². The molecule has 0 radical (unpaired) electrons. The van der Waals surface area contributed by atoms with Gasteiger partial charge >= 0.3 is 0 Å². The highest BCUT2D eigenvalue weighted by atomic mass is 16.5. The van der Waals surface area contributed by atoms with Crippen LogP contribution in [-0.4, -0.2) is 61.8 Å². The third-order valence-corrected chi connectivity index (χ3v) is 4.79. The van der Waals surface area contributed by atoms with Crippen LogP contribution in [0.4, 0.5) is 0 Å². The van der Waals surface area contributed by atoms with Crippen LogP contribution in [0.15, 0.2) is 30.3 Å². The Morgan fingerprint density at radius 3 is 2.67 bits per heavy atom. The van der Waals surface area contributed by atoms with Gasteiger partial charge in [0.15, 0.2) is 0 Å². The lowest BCUT2D eigenvalue weighted by Crippen LogP contribution is -2.44. The van der Waals surface area contributed by atoms with Crippen molar-refractivity contribution in [3.8, 4) is 0 Å². The molecule has 2 aliphatic heterocycles. The van der Waals surface area contributed by atoms with Crippen molar-refractivity contribution in [2.45, 2.75) is 24.9 Å². The molecule has 2 unspecified atom stereocenters. The van der Waals surface area contributed by atoms with Crippen molar-refractivity contribution in [3.05, 3.63) is 35.9 Å². The molecule has 2 fully saturated rings. The highest BCUT2D eigenvalue weighted by Gasteiger charge is 2.28. The van der Waals surface area contributed by atoms with Crippen molar-refractivity contribution in [3.63, 3.8) is 0 Å². The summed E-state index contributed by atoms with van der Waals surface area (Å²) in [6, 6.07) is 11.3. The Morgan fingerprint density at radius 1 is 1.14 bits per heavy atom. The molecular weight excluding hydrogens is 262 g/mol. The fourth-order valence-electron chi connectivity index (χ4n) is 3.44. The zero-order valence-electron chi connectivity index (χ0n) is 12.8. The molecule has 2 aliphatic rings. The number of ether oxygens (including phenoxy) is 1. The standard InChI is InChI=1S/C17H27N3O/c18-17(15-4-2-1-3-5-15)7-9-19-8-6-16(14-19)20-10-12-21-13-11-20/h1-5,16-17H,6-14,18H2. The molecule has 1 aromatic carbocycles. The molecule has 2 N–H and O–H groups in total. The van der Waals surface area contributed by atoms with E-state index in [1.165, 1.54) is 25.1 Å². The lowest BCUT2D eigenvalue weighted by atomic mass is 10.0. The molecule has 2 saturated heterocycles. The third kappa shape index (κ3) is 4.04. The smallest absolute Gasteiger partial charge is 0.0594 e. The summed E-state index contributed by atoms with van der Waals surface area (Å²) in [5.74, 6) is 0. The van der Waals surface area contributed by atoms with E-state index in [4.69, 9.17) is 10.5 Å². The van der Waals surface area contributed by atoms with Crippen LogP contribution in [0.3, 0.4) is 0 Å². The molecule has 0 aromatic heterocycles. The number of likely N-dealkylation sites (tertiary alicyclic amines) is 1. The van der Waals surface area contributed by atoms with Gasteiger partial charge in [0.05, 0.1) is 13.2 Å². The van der Waals surface area contributed by atoms with Gasteiger partial charge in [-0.25, -0.2) is 0 Å². The zero-order chi connectivity index (χ0) is 14.5. The minimum atomic E-state index is 0.161. The summed E-state index contributed by atoms with van der Waals surface area (Å²) in [6.07, 6.45) is 2.33.